The van der Waals surface area contributed by atoms with Crippen molar-refractivity contribution in [2.75, 3.05) is 27.2 Å². The summed E-state index contributed by atoms with van der Waals surface area (Å²) >= 11 is 0. The van der Waals surface area contributed by atoms with Crippen LogP contribution >= 0.6 is 0 Å². The average Bonchev–Trinajstić information content (AvgIpc) is 3.05. The van der Waals surface area contributed by atoms with Crippen molar-refractivity contribution >= 4 is 0 Å². The molecule has 0 N–H and O–H groups in total. The molecule has 0 saturated carbocycles. The normalized spacial score (nSPS) is 11.2. The van der Waals surface area contributed by atoms with Crippen LogP contribution in [-0.4, -0.2) is 31.7 Å². The molecule has 0 bridgehead atoms. The first kappa shape index (κ1) is 47.6. The summed E-state index contributed by atoms with van der Waals surface area (Å²) in [5, 5.41) is 0. The minimum Gasteiger partial charge on any atom is -1.00 e. The predicted molar refractivity (Wildman–Crippen MR) is 207 cm³/mol. The number of unbranched alkanes of at least 4 members (excludes halogenated alkanes) is 30. The molecule has 0 heterocycles. The lowest BCUT2D eigenvalue weighted by molar-refractivity contribution is -0.890. The minimum atomic E-state index is 0. The van der Waals surface area contributed by atoms with Crippen molar-refractivity contribution in [3.8, 4) is 0 Å². The van der Waals surface area contributed by atoms with Crippen LogP contribution < -0.4 is 12.4 Å². The van der Waals surface area contributed by atoms with Crippen LogP contribution in [0.4, 0.5) is 0 Å². The quantitative estimate of drug-likeness (QED) is 0.0508. The van der Waals surface area contributed by atoms with Crippen molar-refractivity contribution in [2.45, 2.75) is 219 Å². The van der Waals surface area contributed by atoms with E-state index in [1.807, 2.05) is 36.4 Å². The zero-order valence-electron chi connectivity index (χ0n) is 32.3. The van der Waals surface area contributed by atoms with Crippen LogP contribution in [0, 0.1) is 0 Å². The van der Waals surface area contributed by atoms with Gasteiger partial charge >= 0.3 is 0 Å². The van der Waals surface area contributed by atoms with Gasteiger partial charge in [0.1, 0.15) is 0 Å². The molecule has 0 unspecified atom stereocenters. The summed E-state index contributed by atoms with van der Waals surface area (Å²) in [6.45, 7) is 7.39. The third kappa shape index (κ3) is 41.5. The molecule has 0 spiro atoms. The highest BCUT2D eigenvalue weighted by atomic mass is 35.5. The summed E-state index contributed by atoms with van der Waals surface area (Å²) in [7, 11) is 4.94. The first-order valence-corrected chi connectivity index (χ1v) is 20.9. The van der Waals surface area contributed by atoms with Crippen molar-refractivity contribution in [1.29, 1.82) is 0 Å². The van der Waals surface area contributed by atoms with Gasteiger partial charge in [0.25, 0.3) is 0 Å². The lowest BCUT2D eigenvalue weighted by atomic mass is 10.0. The summed E-state index contributed by atoms with van der Waals surface area (Å²) in [5.74, 6) is 0. The summed E-state index contributed by atoms with van der Waals surface area (Å²) in [6, 6.07) is 12.0. The van der Waals surface area contributed by atoms with E-state index >= 15 is 0 Å². The van der Waals surface area contributed by atoms with Crippen LogP contribution in [0.2, 0.25) is 0 Å². The highest BCUT2D eigenvalue weighted by Gasteiger charge is 2.13. The van der Waals surface area contributed by atoms with E-state index in [9.17, 15) is 0 Å². The standard InChI is InChI=1S/C38H80N.C6H6.ClH/c1-5-7-9-11-13-15-17-19-21-23-25-27-29-31-33-35-37-39(3,4)38-36-34-32-30-28-26-24-22-20-18-16-14-12-10-8-6-2;1-2-4-6-5-3-1;/h5-38H2,1-4H3;1-6H;1H/q+1;;/p-1. The second kappa shape index (κ2) is 40.6. The fourth-order valence-corrected chi connectivity index (χ4v) is 6.67. The Morgan fingerprint density at radius 1 is 0.261 bits per heavy atom. The van der Waals surface area contributed by atoms with Crippen molar-refractivity contribution in [3.05, 3.63) is 36.4 Å². The first-order valence-electron chi connectivity index (χ1n) is 20.9. The van der Waals surface area contributed by atoms with Crippen LogP contribution in [0.5, 0.6) is 0 Å². The molecule has 0 aromatic heterocycles. The van der Waals surface area contributed by atoms with Gasteiger partial charge in [-0.2, -0.15) is 0 Å². The lowest BCUT2D eigenvalue weighted by Crippen LogP contribution is -3.00. The molecule has 1 aromatic carbocycles. The molecule has 1 aromatic rings. The van der Waals surface area contributed by atoms with Gasteiger partial charge in [-0.25, -0.2) is 0 Å². The maximum absolute atomic E-state index is 2.47. The molecule has 2 heteroatoms. The van der Waals surface area contributed by atoms with Crippen LogP contribution in [0.1, 0.15) is 219 Å². The van der Waals surface area contributed by atoms with Gasteiger partial charge in [0.05, 0.1) is 27.2 Å². The minimum absolute atomic E-state index is 0. The number of hydrogen-bond acceptors (Lipinski definition) is 0. The molecule has 46 heavy (non-hydrogen) atoms. The largest absolute Gasteiger partial charge is 1.00 e. The Hall–Kier alpha value is -0.530. The zero-order valence-corrected chi connectivity index (χ0v) is 33.1. The fourth-order valence-electron chi connectivity index (χ4n) is 6.67. The van der Waals surface area contributed by atoms with Crippen molar-refractivity contribution in [1.82, 2.24) is 0 Å². The van der Waals surface area contributed by atoms with Crippen molar-refractivity contribution < 1.29 is 16.9 Å². The molecule has 0 atom stereocenters. The zero-order chi connectivity index (χ0) is 32.8. The Bertz CT molecular complexity index is 565. The number of benzene rings is 1. The molecular formula is C44H86ClN. The maximum Gasteiger partial charge on any atom is 0.0782 e. The van der Waals surface area contributed by atoms with Gasteiger partial charge in [-0.05, 0) is 25.7 Å². The molecule has 1 nitrogen and oxygen atoms in total. The molecule has 0 aliphatic carbocycles. The van der Waals surface area contributed by atoms with E-state index in [0.717, 1.165) is 0 Å². The second-order valence-corrected chi connectivity index (χ2v) is 15.1. The van der Waals surface area contributed by atoms with E-state index in [2.05, 4.69) is 27.9 Å². The number of hydrogen-bond donors (Lipinski definition) is 0. The van der Waals surface area contributed by atoms with Crippen LogP contribution in [0.3, 0.4) is 0 Å². The van der Waals surface area contributed by atoms with Gasteiger partial charge in [0.15, 0.2) is 0 Å². The topological polar surface area (TPSA) is 0 Å². The molecule has 0 aliphatic heterocycles. The van der Waals surface area contributed by atoms with Gasteiger partial charge in [0, 0.05) is 0 Å². The first-order chi connectivity index (χ1) is 22.1. The van der Waals surface area contributed by atoms with Crippen molar-refractivity contribution in [3.63, 3.8) is 0 Å². The molecule has 1 rings (SSSR count). The van der Waals surface area contributed by atoms with E-state index in [1.165, 1.54) is 223 Å². The summed E-state index contributed by atoms with van der Waals surface area (Å²) < 4.78 is 1.25. The molecule has 0 aliphatic rings. The van der Waals surface area contributed by atoms with E-state index in [-0.39, 0.29) is 12.4 Å². The number of rotatable bonds is 34. The SMILES string of the molecule is CCCCCCCCCCCCCCCCCC[N+](C)(C)CCCCCCCCCCCCCCCCCC.[Cl-].c1ccccc1. The maximum atomic E-state index is 2.47. The third-order valence-electron chi connectivity index (χ3n) is 9.90. The summed E-state index contributed by atoms with van der Waals surface area (Å²) in [5.41, 5.74) is 0. The molecule has 0 fully saturated rings. The van der Waals surface area contributed by atoms with Crippen LogP contribution in [0.25, 0.3) is 0 Å². The number of halogens is 1. The van der Waals surface area contributed by atoms with E-state index in [4.69, 9.17) is 0 Å². The van der Waals surface area contributed by atoms with Gasteiger partial charge in [0.2, 0.25) is 0 Å². The molecule has 0 amide bonds. The Balaban J connectivity index is 0. The smallest absolute Gasteiger partial charge is 0.0782 e. The van der Waals surface area contributed by atoms with Gasteiger partial charge in [-0.3, -0.25) is 0 Å². The van der Waals surface area contributed by atoms with Crippen LogP contribution in [0.15, 0.2) is 36.4 Å². The predicted octanol–water partition coefficient (Wildman–Crippen LogP) is 12.3. The Morgan fingerprint density at radius 2 is 0.413 bits per heavy atom. The summed E-state index contributed by atoms with van der Waals surface area (Å²) in [4.78, 5) is 0. The number of quaternary nitrogens is 1. The van der Waals surface area contributed by atoms with E-state index in [0.29, 0.717) is 0 Å². The van der Waals surface area contributed by atoms with Gasteiger partial charge in [-0.15, -0.1) is 0 Å². The molecule has 0 saturated heterocycles. The Labute approximate surface area is 298 Å². The fraction of sp³-hybridized carbons (Fsp3) is 0.864. The number of nitrogens with zero attached hydrogens (tertiary/aromatic N) is 1. The van der Waals surface area contributed by atoms with E-state index < -0.39 is 0 Å². The molecular weight excluding hydrogens is 578 g/mol. The molecule has 274 valence electrons. The molecule has 0 radical (unpaired) electrons. The van der Waals surface area contributed by atoms with Crippen LogP contribution in [-0.2, 0) is 0 Å². The van der Waals surface area contributed by atoms with E-state index in [1.54, 1.807) is 0 Å². The average molecular weight is 665 g/mol. The van der Waals surface area contributed by atoms with Gasteiger partial charge < -0.3 is 16.9 Å². The monoisotopic (exact) mass is 664 g/mol. The second-order valence-electron chi connectivity index (χ2n) is 15.1. The Kier molecular flexibility index (Phi) is 42.0. The lowest BCUT2D eigenvalue weighted by Gasteiger charge is -2.30. The highest BCUT2D eigenvalue weighted by molar-refractivity contribution is 4.99. The Morgan fingerprint density at radius 3 is 0.587 bits per heavy atom. The van der Waals surface area contributed by atoms with Gasteiger partial charge in [-0.1, -0.05) is 230 Å². The van der Waals surface area contributed by atoms with Crippen molar-refractivity contribution in [2.24, 2.45) is 0 Å². The summed E-state index contributed by atoms with van der Waals surface area (Å²) in [6.07, 6.45) is 46.9. The third-order valence-corrected chi connectivity index (χ3v) is 9.90. The highest BCUT2D eigenvalue weighted by Crippen LogP contribution is 2.16.